The van der Waals surface area contributed by atoms with Gasteiger partial charge in [0.25, 0.3) is 0 Å². The topological polar surface area (TPSA) is 25.8 Å². The number of rotatable bonds is 6. The lowest BCUT2D eigenvalue weighted by Crippen LogP contribution is -2.15. The molecule has 10 aromatic rings. The standard InChI is InChI=1S/C57H40N2/c1-57(2)51-33-29-40-16-9-10-21-46(40)55(51)50-30-28-43(35-52(50)57)45-31-32-49(48-23-12-11-22-47(45)48)54-36-53(58-56(59-54)41-17-7-4-8-18-41)44-20-13-19-42(34-44)39-26-24-38(25-27-39)37-14-5-3-6-15-37/h3-36H,1-2H3. The molecule has 0 radical (unpaired) electrons. The quantitative estimate of drug-likeness (QED) is 0.169. The lowest BCUT2D eigenvalue weighted by Gasteiger charge is -2.22. The van der Waals surface area contributed by atoms with Crippen LogP contribution in [0.25, 0.3) is 100.0 Å². The third-order valence-electron chi connectivity index (χ3n) is 12.3. The number of nitrogens with zero attached hydrogens (tertiary/aromatic N) is 2. The van der Waals surface area contributed by atoms with E-state index in [0.29, 0.717) is 5.82 Å². The predicted octanol–water partition coefficient (Wildman–Crippen LogP) is 15.1. The first-order valence-corrected chi connectivity index (χ1v) is 20.4. The van der Waals surface area contributed by atoms with Crippen LogP contribution in [0, 0.1) is 0 Å². The predicted molar refractivity (Wildman–Crippen MR) is 247 cm³/mol. The Morgan fingerprint density at radius 1 is 0.322 bits per heavy atom. The Hall–Kier alpha value is -7.42. The van der Waals surface area contributed by atoms with Gasteiger partial charge < -0.3 is 0 Å². The minimum atomic E-state index is -0.116. The molecule has 0 saturated carbocycles. The molecule has 0 fully saturated rings. The fraction of sp³-hybridized carbons (Fsp3) is 0.0526. The summed E-state index contributed by atoms with van der Waals surface area (Å²) < 4.78 is 0. The second-order valence-corrected chi connectivity index (χ2v) is 16.2. The van der Waals surface area contributed by atoms with Crippen LogP contribution in [0.5, 0.6) is 0 Å². The van der Waals surface area contributed by atoms with Crippen molar-refractivity contribution in [3.05, 3.63) is 217 Å². The lowest BCUT2D eigenvalue weighted by atomic mass is 9.81. The molecule has 0 N–H and O–H groups in total. The lowest BCUT2D eigenvalue weighted by molar-refractivity contribution is 0.661. The monoisotopic (exact) mass is 752 g/mol. The maximum absolute atomic E-state index is 5.27. The summed E-state index contributed by atoms with van der Waals surface area (Å²) in [5.41, 5.74) is 17.4. The van der Waals surface area contributed by atoms with E-state index in [9.17, 15) is 0 Å². The number of hydrogen-bond donors (Lipinski definition) is 0. The van der Waals surface area contributed by atoms with E-state index in [2.05, 4.69) is 202 Å². The molecule has 0 aliphatic heterocycles. The number of aromatic nitrogens is 2. The Morgan fingerprint density at radius 2 is 0.864 bits per heavy atom. The average molecular weight is 753 g/mol. The minimum Gasteiger partial charge on any atom is -0.228 e. The van der Waals surface area contributed by atoms with Crippen LogP contribution in [-0.2, 0) is 5.41 Å². The highest BCUT2D eigenvalue weighted by Crippen LogP contribution is 2.52. The molecule has 0 saturated heterocycles. The van der Waals surface area contributed by atoms with Crippen LogP contribution in [0.3, 0.4) is 0 Å². The maximum Gasteiger partial charge on any atom is 0.160 e. The molecule has 1 aliphatic carbocycles. The Bertz CT molecular complexity index is 3220. The molecule has 2 heteroatoms. The van der Waals surface area contributed by atoms with Crippen molar-refractivity contribution >= 4 is 21.5 Å². The summed E-state index contributed by atoms with van der Waals surface area (Å²) in [4.78, 5) is 10.5. The van der Waals surface area contributed by atoms with Crippen LogP contribution in [0.15, 0.2) is 206 Å². The first-order chi connectivity index (χ1) is 29.0. The van der Waals surface area contributed by atoms with Gasteiger partial charge in [0, 0.05) is 22.1 Å². The first-order valence-electron chi connectivity index (χ1n) is 20.4. The van der Waals surface area contributed by atoms with Crippen molar-refractivity contribution in [1.82, 2.24) is 9.97 Å². The van der Waals surface area contributed by atoms with Gasteiger partial charge in [0.1, 0.15) is 0 Å². The highest BCUT2D eigenvalue weighted by atomic mass is 14.9. The third-order valence-corrected chi connectivity index (χ3v) is 12.3. The van der Waals surface area contributed by atoms with Gasteiger partial charge in [-0.1, -0.05) is 202 Å². The Labute approximate surface area is 345 Å². The Kier molecular flexibility index (Phi) is 8.20. The molecule has 2 nitrogen and oxygen atoms in total. The molecular weight excluding hydrogens is 713 g/mol. The summed E-state index contributed by atoms with van der Waals surface area (Å²) in [5, 5.41) is 4.97. The van der Waals surface area contributed by atoms with E-state index >= 15 is 0 Å². The normalized spacial score (nSPS) is 12.7. The van der Waals surface area contributed by atoms with Gasteiger partial charge in [0.15, 0.2) is 5.82 Å². The van der Waals surface area contributed by atoms with Crippen LogP contribution in [0.4, 0.5) is 0 Å². The van der Waals surface area contributed by atoms with Crippen LogP contribution < -0.4 is 0 Å². The van der Waals surface area contributed by atoms with Crippen molar-refractivity contribution in [2.45, 2.75) is 19.3 Å². The SMILES string of the molecule is CC1(C)c2cc(-c3ccc(-c4cc(-c5cccc(-c6ccc(-c7ccccc7)cc6)c5)nc(-c5ccccc5)n4)c4ccccc34)ccc2-c2c1ccc1ccccc21. The molecule has 0 atom stereocenters. The molecule has 9 aromatic carbocycles. The molecule has 1 aromatic heterocycles. The van der Waals surface area contributed by atoms with Gasteiger partial charge in [0.05, 0.1) is 11.4 Å². The van der Waals surface area contributed by atoms with Gasteiger partial charge in [-0.3, -0.25) is 0 Å². The van der Waals surface area contributed by atoms with Gasteiger partial charge in [-0.05, 0) is 95.4 Å². The van der Waals surface area contributed by atoms with Crippen molar-refractivity contribution in [1.29, 1.82) is 0 Å². The van der Waals surface area contributed by atoms with Gasteiger partial charge in [0.2, 0.25) is 0 Å². The van der Waals surface area contributed by atoms with E-state index in [1.54, 1.807) is 0 Å². The zero-order valence-electron chi connectivity index (χ0n) is 33.0. The van der Waals surface area contributed by atoms with Gasteiger partial charge in [-0.25, -0.2) is 9.97 Å². The second kappa shape index (κ2) is 13.9. The molecule has 59 heavy (non-hydrogen) atoms. The molecule has 0 unspecified atom stereocenters. The smallest absolute Gasteiger partial charge is 0.160 e. The van der Waals surface area contributed by atoms with Crippen molar-refractivity contribution in [2.75, 3.05) is 0 Å². The Morgan fingerprint density at radius 3 is 1.63 bits per heavy atom. The molecular formula is C57H40N2. The maximum atomic E-state index is 5.27. The average Bonchev–Trinajstić information content (AvgIpc) is 3.54. The van der Waals surface area contributed by atoms with Gasteiger partial charge in [-0.2, -0.15) is 0 Å². The minimum absolute atomic E-state index is 0.116. The first kappa shape index (κ1) is 34.8. The Balaban J connectivity index is 1.02. The number of fused-ring (bicyclic) bond motifs is 6. The van der Waals surface area contributed by atoms with E-state index in [-0.39, 0.29) is 5.41 Å². The van der Waals surface area contributed by atoms with Gasteiger partial charge in [-0.15, -0.1) is 0 Å². The largest absolute Gasteiger partial charge is 0.228 e. The van der Waals surface area contributed by atoms with Crippen molar-refractivity contribution < 1.29 is 0 Å². The van der Waals surface area contributed by atoms with E-state index in [1.807, 2.05) is 18.2 Å². The molecule has 0 amide bonds. The van der Waals surface area contributed by atoms with Crippen molar-refractivity contribution in [3.63, 3.8) is 0 Å². The van der Waals surface area contributed by atoms with E-state index < -0.39 is 0 Å². The van der Waals surface area contributed by atoms with Gasteiger partial charge >= 0.3 is 0 Å². The highest BCUT2D eigenvalue weighted by Gasteiger charge is 2.36. The summed E-state index contributed by atoms with van der Waals surface area (Å²) in [6.45, 7) is 4.73. The third kappa shape index (κ3) is 5.96. The van der Waals surface area contributed by atoms with E-state index in [1.165, 1.54) is 60.7 Å². The molecule has 11 rings (SSSR count). The summed E-state index contributed by atoms with van der Waals surface area (Å²) in [7, 11) is 0. The fourth-order valence-electron chi connectivity index (χ4n) is 9.24. The zero-order valence-corrected chi connectivity index (χ0v) is 33.0. The summed E-state index contributed by atoms with van der Waals surface area (Å²) in [6.07, 6.45) is 0. The van der Waals surface area contributed by atoms with Crippen LogP contribution in [0.2, 0.25) is 0 Å². The van der Waals surface area contributed by atoms with Crippen molar-refractivity contribution in [2.24, 2.45) is 0 Å². The van der Waals surface area contributed by atoms with Crippen molar-refractivity contribution in [3.8, 4) is 78.4 Å². The number of hydrogen-bond acceptors (Lipinski definition) is 2. The molecule has 1 heterocycles. The van der Waals surface area contributed by atoms with Crippen LogP contribution in [0.1, 0.15) is 25.0 Å². The van der Waals surface area contributed by atoms with E-state index in [0.717, 1.165) is 44.6 Å². The molecule has 278 valence electrons. The number of benzene rings is 9. The second-order valence-electron chi connectivity index (χ2n) is 16.2. The molecule has 0 spiro atoms. The highest BCUT2D eigenvalue weighted by molar-refractivity contribution is 6.06. The fourth-order valence-corrected chi connectivity index (χ4v) is 9.24. The summed E-state index contributed by atoms with van der Waals surface area (Å²) in [6, 6.07) is 74.3. The molecule has 0 bridgehead atoms. The van der Waals surface area contributed by atoms with E-state index in [4.69, 9.17) is 9.97 Å². The summed E-state index contributed by atoms with van der Waals surface area (Å²) in [5.74, 6) is 0.705. The summed E-state index contributed by atoms with van der Waals surface area (Å²) >= 11 is 0. The van der Waals surface area contributed by atoms with Crippen LogP contribution >= 0.6 is 0 Å². The zero-order chi connectivity index (χ0) is 39.5. The van der Waals surface area contributed by atoms with Crippen LogP contribution in [-0.4, -0.2) is 9.97 Å². The molecule has 1 aliphatic rings.